The van der Waals surface area contributed by atoms with Crippen molar-refractivity contribution in [1.82, 2.24) is 0 Å². The Balaban J connectivity index is 0.000000711. The summed E-state index contributed by atoms with van der Waals surface area (Å²) in [5, 5.41) is 2.89. The fraction of sp³-hybridized carbons (Fsp3) is 0.462. The highest BCUT2D eigenvalue weighted by Gasteiger charge is 2.37. The third kappa shape index (κ3) is 1.89. The Morgan fingerprint density at radius 3 is 2.47 bits per heavy atom. The Morgan fingerprint density at radius 2 is 1.87 bits per heavy atom. The van der Waals surface area contributed by atoms with Crippen molar-refractivity contribution >= 4 is 11.6 Å². The molecule has 0 atom stereocenters. The molecule has 84 valence electrons. The average molecular weight is 207 g/mol. The molecule has 1 aromatic rings. The van der Waals surface area contributed by atoms with E-state index in [1.54, 1.807) is 0 Å². The molecule has 1 amide bonds. The van der Waals surface area contributed by atoms with Crippen LogP contribution in [0.15, 0.2) is 18.2 Å². The first-order valence-electron chi connectivity index (χ1n) is 5.44. The van der Waals surface area contributed by atoms with Gasteiger partial charge in [0, 0.05) is 7.11 Å². The van der Waals surface area contributed by atoms with Gasteiger partial charge in [0.1, 0.15) is 0 Å². The van der Waals surface area contributed by atoms with Crippen LogP contribution in [0.4, 0.5) is 5.69 Å². The lowest BCUT2D eigenvalue weighted by Gasteiger charge is -2.14. The second kappa shape index (κ2) is 4.05. The number of rotatable bonds is 0. The van der Waals surface area contributed by atoms with Crippen LogP contribution in [0.25, 0.3) is 0 Å². The van der Waals surface area contributed by atoms with Crippen molar-refractivity contribution in [3.8, 4) is 0 Å². The Hall–Kier alpha value is -1.31. The maximum Gasteiger partial charge on any atom is 0.234 e. The van der Waals surface area contributed by atoms with Gasteiger partial charge in [0.25, 0.3) is 0 Å². The summed E-state index contributed by atoms with van der Waals surface area (Å²) in [6, 6.07) is 6.09. The summed E-state index contributed by atoms with van der Waals surface area (Å²) in [6.07, 6.45) is 0. The highest BCUT2D eigenvalue weighted by molar-refractivity contribution is 6.05. The predicted molar refractivity (Wildman–Crippen MR) is 66.3 cm³/mol. The van der Waals surface area contributed by atoms with E-state index in [4.69, 9.17) is 0 Å². The Bertz CT molecular complexity index is 386. The third-order valence-electron chi connectivity index (χ3n) is 2.66. The second-order valence-electron chi connectivity index (χ2n) is 4.13. The number of hydrogen-bond donors (Lipinski definition) is 1. The van der Waals surface area contributed by atoms with Crippen molar-refractivity contribution in [2.45, 2.75) is 40.0 Å². The minimum Gasteiger partial charge on any atom is -0.325 e. The van der Waals surface area contributed by atoms with Gasteiger partial charge in [-0.25, -0.2) is 0 Å². The maximum absolute atomic E-state index is 11.6. The van der Waals surface area contributed by atoms with Crippen LogP contribution in [-0.4, -0.2) is 5.91 Å². The van der Waals surface area contributed by atoms with Gasteiger partial charge in [-0.05, 0) is 38.0 Å². The molecule has 15 heavy (non-hydrogen) atoms. The highest BCUT2D eigenvalue weighted by atomic mass is 16.2. The van der Waals surface area contributed by atoms with Crippen molar-refractivity contribution in [3.63, 3.8) is 0 Å². The number of fused-ring (bicyclic) bond motifs is 1. The Kier molecular flexibility index (Phi) is 3.18. The van der Waals surface area contributed by atoms with E-state index in [2.05, 4.69) is 5.32 Å². The molecule has 1 heterocycles. The number of carbonyl (C=O) groups excluding carboxylic acids is 1. The summed E-state index contributed by atoms with van der Waals surface area (Å²) < 4.78 is 0. The first kappa shape index (κ1) is 11.8. The molecule has 0 saturated heterocycles. The summed E-state index contributed by atoms with van der Waals surface area (Å²) >= 11 is 0. The topological polar surface area (TPSA) is 29.1 Å². The van der Waals surface area contributed by atoms with Crippen molar-refractivity contribution in [2.24, 2.45) is 0 Å². The molecule has 0 bridgehead atoms. The number of anilines is 1. The van der Waals surface area contributed by atoms with Crippen LogP contribution in [0.2, 0.25) is 0 Å². The number of hydrogen-bond acceptors (Lipinski definition) is 1. The molecule has 0 spiro atoms. The van der Waals surface area contributed by atoms with Gasteiger partial charge in [-0.15, -0.1) is 0 Å². The number of carbonyl (C=O) groups is 1. The minimum atomic E-state index is -0.372. The highest BCUT2D eigenvalue weighted by Crippen LogP contribution is 2.37. The molecule has 2 heteroatoms. The van der Waals surface area contributed by atoms with Gasteiger partial charge in [-0.3, -0.25) is 4.79 Å². The van der Waals surface area contributed by atoms with E-state index in [1.165, 1.54) is 5.56 Å². The molecule has 2 rings (SSSR count). The normalized spacial score (nSPS) is 16.2. The zero-order valence-corrected chi connectivity index (χ0v) is 10.1. The van der Waals surface area contributed by atoms with Gasteiger partial charge < -0.3 is 5.32 Å². The first-order valence-corrected chi connectivity index (χ1v) is 5.44. The summed E-state index contributed by atoms with van der Waals surface area (Å²) in [4.78, 5) is 11.6. The molecule has 1 aromatic carbocycles. The number of aryl methyl sites for hydroxylation is 1. The predicted octanol–water partition coefficient (Wildman–Crippen LogP) is 3.50. The van der Waals surface area contributed by atoms with Gasteiger partial charge in [0.15, 0.2) is 0 Å². The van der Waals surface area contributed by atoms with E-state index in [1.807, 2.05) is 52.8 Å². The number of benzene rings is 1. The molecule has 1 aliphatic heterocycles. The van der Waals surface area contributed by atoms with E-state index in [-0.39, 0.29) is 12.7 Å². The quantitative estimate of drug-likeness (QED) is 0.693. The first-order chi connectivity index (χ1) is 7.01. The largest absolute Gasteiger partial charge is 0.325 e. The fourth-order valence-corrected chi connectivity index (χ4v) is 1.71. The van der Waals surface area contributed by atoms with Crippen molar-refractivity contribution in [2.75, 3.05) is 5.32 Å². The van der Waals surface area contributed by atoms with Crippen LogP contribution < -0.4 is 5.32 Å². The van der Waals surface area contributed by atoms with Crippen LogP contribution in [0.3, 0.4) is 0 Å². The average Bonchev–Trinajstić information content (AvgIpc) is 2.41. The van der Waals surface area contributed by atoms with Gasteiger partial charge in [0.2, 0.25) is 5.91 Å². The standard InChI is InChI=1S/C11H13NO.C2H6.H2/c1-7-4-5-8-9(6-7)12-10(13)11(8,2)3;1-2;/h4-6H,1-3H3,(H,12,13);1-2H3;1H. The Morgan fingerprint density at radius 1 is 1.27 bits per heavy atom. The van der Waals surface area contributed by atoms with Gasteiger partial charge in [0.05, 0.1) is 5.41 Å². The monoisotopic (exact) mass is 207 g/mol. The number of nitrogens with one attached hydrogen (secondary N) is 1. The summed E-state index contributed by atoms with van der Waals surface area (Å²) in [5.74, 6) is 0.0908. The molecule has 1 aliphatic rings. The van der Waals surface area contributed by atoms with Crippen molar-refractivity contribution in [3.05, 3.63) is 29.3 Å². The van der Waals surface area contributed by atoms with E-state index < -0.39 is 0 Å². The van der Waals surface area contributed by atoms with Crippen LogP contribution in [-0.2, 0) is 10.2 Å². The van der Waals surface area contributed by atoms with Crippen LogP contribution in [0.1, 0.15) is 40.2 Å². The molecule has 0 radical (unpaired) electrons. The number of amides is 1. The SMILES string of the molecule is CC.Cc1ccc2c(c1)NC(=O)C2(C)C.[HH]. The summed E-state index contributed by atoms with van der Waals surface area (Å²) in [5.41, 5.74) is 2.87. The summed E-state index contributed by atoms with van der Waals surface area (Å²) in [7, 11) is 0. The third-order valence-corrected chi connectivity index (χ3v) is 2.66. The Labute approximate surface area is 93.2 Å². The molecule has 0 fully saturated rings. The lowest BCUT2D eigenvalue weighted by atomic mass is 9.86. The zero-order chi connectivity index (χ0) is 11.6. The van der Waals surface area contributed by atoms with Crippen LogP contribution in [0, 0.1) is 6.92 Å². The van der Waals surface area contributed by atoms with Gasteiger partial charge in [-0.2, -0.15) is 0 Å². The van der Waals surface area contributed by atoms with Crippen LogP contribution >= 0.6 is 0 Å². The smallest absolute Gasteiger partial charge is 0.234 e. The van der Waals surface area contributed by atoms with Gasteiger partial charge >= 0.3 is 0 Å². The molecule has 0 unspecified atom stereocenters. The van der Waals surface area contributed by atoms with Crippen LogP contribution in [0.5, 0.6) is 0 Å². The van der Waals surface area contributed by atoms with Crippen molar-refractivity contribution < 1.29 is 6.22 Å². The molecule has 1 N–H and O–H groups in total. The molecular formula is C13H21NO. The molecule has 0 aromatic heterocycles. The van der Waals surface area contributed by atoms with Gasteiger partial charge in [-0.1, -0.05) is 26.0 Å². The summed E-state index contributed by atoms with van der Waals surface area (Å²) in [6.45, 7) is 9.92. The molecular weight excluding hydrogens is 186 g/mol. The van der Waals surface area contributed by atoms with Crippen molar-refractivity contribution in [1.29, 1.82) is 0 Å². The molecule has 2 nitrogen and oxygen atoms in total. The van der Waals surface area contributed by atoms with E-state index in [0.29, 0.717) is 0 Å². The van der Waals surface area contributed by atoms with E-state index in [9.17, 15) is 4.79 Å². The lowest BCUT2D eigenvalue weighted by Crippen LogP contribution is -2.26. The van der Waals surface area contributed by atoms with E-state index >= 15 is 0 Å². The van der Waals surface area contributed by atoms with E-state index in [0.717, 1.165) is 11.3 Å². The zero-order valence-electron chi connectivity index (χ0n) is 10.1. The maximum atomic E-state index is 11.6. The fourth-order valence-electron chi connectivity index (χ4n) is 1.71. The molecule has 0 aliphatic carbocycles. The minimum absolute atomic E-state index is 0. The molecule has 0 saturated carbocycles. The second-order valence-corrected chi connectivity index (χ2v) is 4.13. The lowest BCUT2D eigenvalue weighted by molar-refractivity contribution is -0.119.